The van der Waals surface area contributed by atoms with Gasteiger partial charge in [0.2, 0.25) is 0 Å². The van der Waals surface area contributed by atoms with E-state index in [2.05, 4.69) is 26.1 Å². The molecule has 15 heavy (non-hydrogen) atoms. The molecule has 0 aromatic carbocycles. The van der Waals surface area contributed by atoms with Crippen molar-refractivity contribution >= 4 is 0 Å². The smallest absolute Gasteiger partial charge is 0.0462 e. The zero-order valence-corrected chi connectivity index (χ0v) is 11.0. The Kier molecular flexibility index (Phi) is 10.4. The Labute approximate surface area is 95.8 Å². The Hall–Kier alpha value is -0.0800. The Balaban J connectivity index is 3.59. The second-order valence-electron chi connectivity index (χ2n) is 4.77. The number of hydrogen-bond acceptors (Lipinski definition) is 2. The van der Waals surface area contributed by atoms with E-state index < -0.39 is 0 Å². The van der Waals surface area contributed by atoms with Crippen LogP contribution in [0.2, 0.25) is 0 Å². The van der Waals surface area contributed by atoms with Gasteiger partial charge < -0.3 is 10.1 Å². The maximum atomic E-state index is 5.07. The fourth-order valence-electron chi connectivity index (χ4n) is 1.86. The molecule has 0 saturated carbocycles. The molecule has 0 amide bonds. The lowest BCUT2D eigenvalue weighted by atomic mass is 9.99. The summed E-state index contributed by atoms with van der Waals surface area (Å²) < 4.78 is 5.07. The van der Waals surface area contributed by atoms with E-state index in [0.717, 1.165) is 19.1 Å². The van der Waals surface area contributed by atoms with Crippen LogP contribution in [0.5, 0.6) is 0 Å². The van der Waals surface area contributed by atoms with Gasteiger partial charge in [-0.3, -0.25) is 0 Å². The summed E-state index contributed by atoms with van der Waals surface area (Å²) in [4.78, 5) is 0. The molecule has 0 heterocycles. The fraction of sp³-hybridized carbons (Fsp3) is 1.00. The summed E-state index contributed by atoms with van der Waals surface area (Å²) in [6.45, 7) is 8.89. The lowest BCUT2D eigenvalue weighted by Crippen LogP contribution is -2.31. The number of hydrogen-bond donors (Lipinski definition) is 1. The van der Waals surface area contributed by atoms with Gasteiger partial charge in [0.05, 0.1) is 0 Å². The highest BCUT2D eigenvalue weighted by atomic mass is 16.5. The minimum atomic E-state index is 0.710. The third-order valence-corrected chi connectivity index (χ3v) is 2.59. The molecule has 1 unspecified atom stereocenters. The summed E-state index contributed by atoms with van der Waals surface area (Å²) in [6.07, 6.45) is 6.29. The van der Waals surface area contributed by atoms with Crippen molar-refractivity contribution in [2.24, 2.45) is 5.92 Å². The highest BCUT2D eigenvalue weighted by molar-refractivity contribution is 4.68. The number of unbranched alkanes of at least 4 members (excludes halogenated alkanes) is 1. The van der Waals surface area contributed by atoms with Gasteiger partial charge in [-0.05, 0) is 44.6 Å². The SMILES string of the molecule is CCCNC(CCCCOC)CC(C)C. The molecule has 0 spiro atoms. The molecular weight excluding hydrogens is 186 g/mol. The first-order valence-electron chi connectivity index (χ1n) is 6.43. The summed E-state index contributed by atoms with van der Waals surface area (Å²) in [5.74, 6) is 0.793. The van der Waals surface area contributed by atoms with Gasteiger partial charge in [-0.1, -0.05) is 20.8 Å². The van der Waals surface area contributed by atoms with Crippen LogP contribution in [0.3, 0.4) is 0 Å². The average molecular weight is 215 g/mol. The van der Waals surface area contributed by atoms with E-state index in [1.54, 1.807) is 7.11 Å². The van der Waals surface area contributed by atoms with E-state index in [9.17, 15) is 0 Å². The van der Waals surface area contributed by atoms with E-state index in [4.69, 9.17) is 4.74 Å². The highest BCUT2D eigenvalue weighted by Gasteiger charge is 2.09. The molecule has 1 atom stereocenters. The number of nitrogens with one attached hydrogen (secondary N) is 1. The molecule has 0 rings (SSSR count). The minimum absolute atomic E-state index is 0.710. The van der Waals surface area contributed by atoms with Crippen LogP contribution in [0.25, 0.3) is 0 Å². The second kappa shape index (κ2) is 10.4. The van der Waals surface area contributed by atoms with Crippen molar-refractivity contribution in [2.45, 2.75) is 58.9 Å². The largest absolute Gasteiger partial charge is 0.385 e. The molecule has 0 aliphatic carbocycles. The first-order chi connectivity index (χ1) is 7.20. The standard InChI is InChI=1S/C13H29NO/c1-5-9-14-13(11-12(2)3)8-6-7-10-15-4/h12-14H,5-11H2,1-4H3. The molecule has 0 radical (unpaired) electrons. The van der Waals surface area contributed by atoms with Gasteiger partial charge in [0, 0.05) is 19.8 Å². The van der Waals surface area contributed by atoms with Crippen molar-refractivity contribution in [2.75, 3.05) is 20.3 Å². The summed E-state index contributed by atoms with van der Waals surface area (Å²) in [7, 11) is 1.78. The summed E-state index contributed by atoms with van der Waals surface area (Å²) in [5.41, 5.74) is 0. The topological polar surface area (TPSA) is 21.3 Å². The van der Waals surface area contributed by atoms with Crippen LogP contribution in [0.4, 0.5) is 0 Å². The van der Waals surface area contributed by atoms with Gasteiger partial charge in [0.1, 0.15) is 0 Å². The van der Waals surface area contributed by atoms with E-state index in [0.29, 0.717) is 6.04 Å². The Morgan fingerprint density at radius 3 is 2.47 bits per heavy atom. The van der Waals surface area contributed by atoms with Crippen LogP contribution in [0.15, 0.2) is 0 Å². The van der Waals surface area contributed by atoms with Gasteiger partial charge in [-0.15, -0.1) is 0 Å². The molecular formula is C13H29NO. The van der Waals surface area contributed by atoms with Crippen LogP contribution in [-0.4, -0.2) is 26.3 Å². The quantitative estimate of drug-likeness (QED) is 0.565. The molecule has 92 valence electrons. The molecule has 0 aromatic heterocycles. The minimum Gasteiger partial charge on any atom is -0.385 e. The highest BCUT2D eigenvalue weighted by Crippen LogP contribution is 2.11. The van der Waals surface area contributed by atoms with E-state index in [1.165, 1.54) is 32.1 Å². The average Bonchev–Trinajstić information content (AvgIpc) is 2.19. The lowest BCUT2D eigenvalue weighted by molar-refractivity contribution is 0.190. The Bertz CT molecular complexity index is 126. The number of methoxy groups -OCH3 is 1. The first kappa shape index (κ1) is 14.9. The van der Waals surface area contributed by atoms with Crippen molar-refractivity contribution in [3.05, 3.63) is 0 Å². The summed E-state index contributed by atoms with van der Waals surface area (Å²) in [5, 5.41) is 3.64. The molecule has 0 fully saturated rings. The molecule has 0 aromatic rings. The Morgan fingerprint density at radius 2 is 1.93 bits per heavy atom. The van der Waals surface area contributed by atoms with Gasteiger partial charge in [-0.25, -0.2) is 0 Å². The third-order valence-electron chi connectivity index (χ3n) is 2.59. The van der Waals surface area contributed by atoms with Crippen molar-refractivity contribution in [1.82, 2.24) is 5.32 Å². The van der Waals surface area contributed by atoms with Gasteiger partial charge in [0.15, 0.2) is 0 Å². The molecule has 2 heteroatoms. The number of rotatable bonds is 10. The summed E-state index contributed by atoms with van der Waals surface area (Å²) in [6, 6.07) is 0.710. The molecule has 2 nitrogen and oxygen atoms in total. The molecule has 1 N–H and O–H groups in total. The van der Waals surface area contributed by atoms with Crippen LogP contribution in [-0.2, 0) is 4.74 Å². The normalized spacial score (nSPS) is 13.4. The van der Waals surface area contributed by atoms with E-state index in [-0.39, 0.29) is 0 Å². The molecule has 0 aliphatic heterocycles. The maximum Gasteiger partial charge on any atom is 0.0462 e. The van der Waals surface area contributed by atoms with Crippen molar-refractivity contribution in [3.8, 4) is 0 Å². The van der Waals surface area contributed by atoms with Crippen LogP contribution in [0, 0.1) is 5.92 Å². The second-order valence-corrected chi connectivity index (χ2v) is 4.77. The maximum absolute atomic E-state index is 5.07. The molecule has 0 aliphatic rings. The van der Waals surface area contributed by atoms with Gasteiger partial charge in [-0.2, -0.15) is 0 Å². The lowest BCUT2D eigenvalue weighted by Gasteiger charge is -2.20. The predicted molar refractivity (Wildman–Crippen MR) is 67.3 cm³/mol. The Morgan fingerprint density at radius 1 is 1.20 bits per heavy atom. The zero-order chi connectivity index (χ0) is 11.5. The van der Waals surface area contributed by atoms with Crippen LogP contribution >= 0.6 is 0 Å². The van der Waals surface area contributed by atoms with E-state index in [1.807, 2.05) is 0 Å². The van der Waals surface area contributed by atoms with E-state index >= 15 is 0 Å². The van der Waals surface area contributed by atoms with Crippen molar-refractivity contribution in [1.29, 1.82) is 0 Å². The fourth-order valence-corrected chi connectivity index (χ4v) is 1.86. The monoisotopic (exact) mass is 215 g/mol. The van der Waals surface area contributed by atoms with Crippen molar-refractivity contribution in [3.63, 3.8) is 0 Å². The van der Waals surface area contributed by atoms with Gasteiger partial charge >= 0.3 is 0 Å². The third kappa shape index (κ3) is 10.2. The van der Waals surface area contributed by atoms with Crippen molar-refractivity contribution < 1.29 is 4.74 Å². The summed E-state index contributed by atoms with van der Waals surface area (Å²) >= 11 is 0. The van der Waals surface area contributed by atoms with Crippen LogP contribution in [0.1, 0.15) is 52.9 Å². The zero-order valence-electron chi connectivity index (χ0n) is 11.0. The van der Waals surface area contributed by atoms with Crippen LogP contribution < -0.4 is 5.32 Å². The predicted octanol–water partition coefficient (Wildman–Crippen LogP) is 3.22. The molecule has 0 saturated heterocycles. The molecule has 0 bridgehead atoms. The first-order valence-corrected chi connectivity index (χ1v) is 6.43. The number of ether oxygens (including phenoxy) is 1. The van der Waals surface area contributed by atoms with Gasteiger partial charge in [0.25, 0.3) is 0 Å².